The first-order valence-corrected chi connectivity index (χ1v) is 15.3. The van der Waals surface area contributed by atoms with Crippen LogP contribution in [0.5, 0.6) is 5.75 Å². The molecule has 1 unspecified atom stereocenters. The maximum absolute atomic E-state index is 15.0. The first-order chi connectivity index (χ1) is 20.7. The predicted octanol–water partition coefficient (Wildman–Crippen LogP) is 3.40. The maximum Gasteiger partial charge on any atom is 0.324 e. The van der Waals surface area contributed by atoms with E-state index in [2.05, 4.69) is 20.4 Å². The number of ether oxygens (including phenoxy) is 1. The number of allylic oxidation sites excluding steroid dienone is 2. The first kappa shape index (κ1) is 30.5. The molecule has 3 N–H and O–H groups in total. The number of nitrogens with two attached hydrogens (primary N) is 1. The highest BCUT2D eigenvalue weighted by Crippen LogP contribution is 2.33. The number of hydrogen-bond acceptors (Lipinski definition) is 8. The predicted molar refractivity (Wildman–Crippen MR) is 157 cm³/mol. The van der Waals surface area contributed by atoms with E-state index in [9.17, 15) is 18.8 Å². The molecule has 0 spiro atoms. The van der Waals surface area contributed by atoms with Gasteiger partial charge in [-0.3, -0.25) is 14.4 Å². The van der Waals surface area contributed by atoms with Crippen LogP contribution in [0.1, 0.15) is 76.1 Å². The summed E-state index contributed by atoms with van der Waals surface area (Å²) in [5.74, 6) is -0.220. The van der Waals surface area contributed by atoms with Crippen molar-refractivity contribution in [2.24, 2.45) is 17.6 Å². The molecule has 1 aromatic heterocycles. The van der Waals surface area contributed by atoms with Crippen molar-refractivity contribution in [1.82, 2.24) is 20.4 Å². The quantitative estimate of drug-likeness (QED) is 0.425. The molecule has 3 aliphatic rings. The molecule has 232 valence electrons. The fraction of sp³-hybridized carbons (Fsp3) is 0.581. The van der Waals surface area contributed by atoms with E-state index in [0.29, 0.717) is 56.6 Å². The normalized spacial score (nSPS) is 21.2. The highest BCUT2D eigenvalue weighted by atomic mass is 19.1. The highest BCUT2D eigenvalue weighted by Gasteiger charge is 2.33. The molecule has 1 aromatic carbocycles. The van der Waals surface area contributed by atoms with E-state index >= 15 is 0 Å². The van der Waals surface area contributed by atoms with Crippen LogP contribution in [-0.4, -0.2) is 71.6 Å². The number of carbonyl (C=O) groups is 3. The van der Waals surface area contributed by atoms with Crippen LogP contribution in [0.3, 0.4) is 0 Å². The van der Waals surface area contributed by atoms with Crippen molar-refractivity contribution in [3.05, 3.63) is 41.5 Å². The summed E-state index contributed by atoms with van der Waals surface area (Å²) in [6.45, 7) is 6.38. The smallest absolute Gasteiger partial charge is 0.324 e. The SMILES string of the molecule is CC(C)c1noc(N2CCC(COc3ccc(C4=CCC(C(=O)NCC(=O)N5CCC[C@@H]5C(N)=O)CC4)cc3F)CC2)n1. The minimum atomic E-state index is -0.595. The summed E-state index contributed by atoms with van der Waals surface area (Å²) in [5.41, 5.74) is 7.15. The standard InChI is InChI=1S/C31H41FN6O5/c1-19(2)29-35-31(43-36-29)37-14-11-20(12-15-37)18-42-26-10-9-23(16-24(26)32)21-5-7-22(8-6-21)30(41)34-17-27(39)38-13-3-4-25(38)28(33)40/h5,9-10,16,19-20,22,25H,3-4,6-8,11-15,17-18H2,1-2H3,(H2,33,40)(H,34,41)/t22?,25-/m1/s1. The summed E-state index contributed by atoms with van der Waals surface area (Å²) in [7, 11) is 0. The first-order valence-electron chi connectivity index (χ1n) is 15.3. The zero-order chi connectivity index (χ0) is 30.5. The molecule has 2 aliphatic heterocycles. The van der Waals surface area contributed by atoms with Crippen LogP contribution < -0.4 is 20.7 Å². The van der Waals surface area contributed by atoms with Crippen molar-refractivity contribution in [1.29, 1.82) is 0 Å². The molecular weight excluding hydrogens is 555 g/mol. The Morgan fingerprint density at radius 1 is 1.16 bits per heavy atom. The Morgan fingerprint density at radius 2 is 1.95 bits per heavy atom. The molecule has 0 radical (unpaired) electrons. The summed E-state index contributed by atoms with van der Waals surface area (Å²) >= 11 is 0. The molecule has 2 atom stereocenters. The summed E-state index contributed by atoms with van der Waals surface area (Å²) in [6.07, 6.45) is 6.75. The Hall–Kier alpha value is -3.96. The van der Waals surface area contributed by atoms with E-state index in [0.717, 1.165) is 43.5 Å². The second kappa shape index (κ2) is 13.6. The number of likely N-dealkylation sites (tertiary alicyclic amines) is 1. The Morgan fingerprint density at radius 3 is 2.60 bits per heavy atom. The zero-order valence-corrected chi connectivity index (χ0v) is 24.9. The van der Waals surface area contributed by atoms with E-state index < -0.39 is 17.8 Å². The van der Waals surface area contributed by atoms with Crippen molar-refractivity contribution >= 4 is 29.3 Å². The van der Waals surface area contributed by atoms with Gasteiger partial charge in [-0.2, -0.15) is 4.98 Å². The molecule has 2 aromatic rings. The Bertz CT molecular complexity index is 1350. The van der Waals surface area contributed by atoms with Crippen molar-refractivity contribution in [3.8, 4) is 5.75 Å². The lowest BCUT2D eigenvalue weighted by atomic mass is 9.86. The van der Waals surface area contributed by atoms with Gasteiger partial charge < -0.3 is 30.1 Å². The van der Waals surface area contributed by atoms with Crippen LogP contribution in [0.15, 0.2) is 28.8 Å². The van der Waals surface area contributed by atoms with Crippen LogP contribution in [0.4, 0.5) is 10.4 Å². The molecule has 43 heavy (non-hydrogen) atoms. The molecule has 2 fully saturated rings. The number of anilines is 1. The van der Waals surface area contributed by atoms with Crippen LogP contribution in [0, 0.1) is 17.7 Å². The molecule has 3 amide bonds. The van der Waals surface area contributed by atoms with E-state index in [1.807, 2.05) is 26.0 Å². The number of halogens is 1. The van der Waals surface area contributed by atoms with Gasteiger partial charge in [-0.1, -0.05) is 31.1 Å². The number of carbonyl (C=O) groups excluding carboxylic acids is 3. The number of piperidine rings is 1. The maximum atomic E-state index is 15.0. The number of rotatable bonds is 10. The van der Waals surface area contributed by atoms with Crippen molar-refractivity contribution < 1.29 is 28.0 Å². The van der Waals surface area contributed by atoms with Gasteiger partial charge in [0.2, 0.25) is 17.7 Å². The molecule has 0 saturated carbocycles. The number of aromatic nitrogens is 2. The summed E-state index contributed by atoms with van der Waals surface area (Å²) in [5, 5.41) is 6.75. The van der Waals surface area contributed by atoms with Crippen LogP contribution >= 0.6 is 0 Å². The lowest BCUT2D eigenvalue weighted by Gasteiger charge is -2.30. The summed E-state index contributed by atoms with van der Waals surface area (Å²) < 4.78 is 26.3. The van der Waals surface area contributed by atoms with Crippen molar-refractivity contribution in [3.63, 3.8) is 0 Å². The Kier molecular flexibility index (Phi) is 9.62. The van der Waals surface area contributed by atoms with E-state index in [1.54, 1.807) is 6.07 Å². The van der Waals surface area contributed by atoms with Gasteiger partial charge in [-0.05, 0) is 74.1 Å². The van der Waals surface area contributed by atoms with Gasteiger partial charge in [-0.15, -0.1) is 0 Å². The van der Waals surface area contributed by atoms with Gasteiger partial charge in [0.1, 0.15) is 6.04 Å². The molecule has 12 heteroatoms. The Labute approximate surface area is 251 Å². The second-order valence-electron chi connectivity index (χ2n) is 12.0. The van der Waals surface area contributed by atoms with Gasteiger partial charge in [0.05, 0.1) is 13.2 Å². The molecule has 2 saturated heterocycles. The fourth-order valence-corrected chi connectivity index (χ4v) is 6.01. The monoisotopic (exact) mass is 596 g/mol. The zero-order valence-electron chi connectivity index (χ0n) is 24.9. The molecule has 11 nitrogen and oxygen atoms in total. The van der Waals surface area contributed by atoms with Gasteiger partial charge >= 0.3 is 6.01 Å². The molecular formula is C31H41FN6O5. The second-order valence-corrected chi connectivity index (χ2v) is 12.0. The van der Waals surface area contributed by atoms with E-state index in [4.69, 9.17) is 15.0 Å². The Balaban J connectivity index is 1.06. The summed E-state index contributed by atoms with van der Waals surface area (Å²) in [6, 6.07) is 4.99. The topological polar surface area (TPSA) is 144 Å². The van der Waals surface area contributed by atoms with E-state index in [1.165, 1.54) is 11.0 Å². The van der Waals surface area contributed by atoms with Gasteiger partial charge in [0, 0.05) is 31.5 Å². The number of nitrogens with zero attached hydrogens (tertiary/aromatic N) is 4. The number of nitrogens with one attached hydrogen (secondary N) is 1. The third kappa shape index (κ3) is 7.34. The number of amides is 3. The molecule has 3 heterocycles. The lowest BCUT2D eigenvalue weighted by molar-refractivity contribution is -0.138. The van der Waals surface area contributed by atoms with E-state index in [-0.39, 0.29) is 35.9 Å². The van der Waals surface area contributed by atoms with Gasteiger partial charge in [0.25, 0.3) is 0 Å². The van der Waals surface area contributed by atoms with Crippen LogP contribution in [0.2, 0.25) is 0 Å². The fourth-order valence-electron chi connectivity index (χ4n) is 6.01. The number of hydrogen-bond donors (Lipinski definition) is 2. The van der Waals surface area contributed by atoms with Crippen LogP contribution in [0.25, 0.3) is 5.57 Å². The van der Waals surface area contributed by atoms with Gasteiger partial charge in [0.15, 0.2) is 17.4 Å². The molecule has 1 aliphatic carbocycles. The minimum Gasteiger partial charge on any atom is -0.490 e. The minimum absolute atomic E-state index is 0.153. The summed E-state index contributed by atoms with van der Waals surface area (Å²) in [4.78, 5) is 44.8. The van der Waals surface area contributed by atoms with Crippen LogP contribution in [-0.2, 0) is 14.4 Å². The highest BCUT2D eigenvalue weighted by molar-refractivity contribution is 5.90. The molecule has 0 bridgehead atoms. The number of benzene rings is 1. The average molecular weight is 597 g/mol. The largest absolute Gasteiger partial charge is 0.490 e. The van der Waals surface area contributed by atoms with Crippen molar-refractivity contribution in [2.45, 2.75) is 70.8 Å². The molecule has 5 rings (SSSR count). The van der Waals surface area contributed by atoms with Gasteiger partial charge in [-0.25, -0.2) is 4.39 Å². The number of primary amides is 1. The lowest BCUT2D eigenvalue weighted by Crippen LogP contribution is -2.48. The average Bonchev–Trinajstić information content (AvgIpc) is 3.71. The van der Waals surface area contributed by atoms with Crippen molar-refractivity contribution in [2.75, 3.05) is 37.7 Å². The third-order valence-corrected chi connectivity index (χ3v) is 8.71. The third-order valence-electron chi connectivity index (χ3n) is 8.71.